The molecule has 2 fully saturated rings. The number of piperazine rings is 1. The van der Waals surface area contributed by atoms with Gasteiger partial charge < -0.3 is 5.73 Å². The number of amides is 2. The highest BCUT2D eigenvalue weighted by molar-refractivity contribution is 6.01. The number of hydrogen-bond donors (Lipinski definition) is 2. The largest absolute Gasteiger partial charge is 0.328 e. The number of nitrogens with two attached hydrogens (primary N) is 1. The second kappa shape index (κ2) is 5.14. The van der Waals surface area contributed by atoms with Gasteiger partial charge in [0.2, 0.25) is 11.8 Å². The van der Waals surface area contributed by atoms with E-state index in [1.54, 1.807) is 0 Å². The summed E-state index contributed by atoms with van der Waals surface area (Å²) >= 11 is 0. The number of carbonyl (C=O) groups is 2. The summed E-state index contributed by atoms with van der Waals surface area (Å²) in [4.78, 5) is 25.3. The molecule has 2 rings (SSSR count). The van der Waals surface area contributed by atoms with Crippen LogP contribution in [0.3, 0.4) is 0 Å². The van der Waals surface area contributed by atoms with E-state index in [-0.39, 0.29) is 23.9 Å². The lowest BCUT2D eigenvalue weighted by atomic mass is 9.89. The van der Waals surface area contributed by atoms with Crippen molar-refractivity contribution in [1.82, 2.24) is 10.2 Å². The zero-order chi connectivity index (χ0) is 12.4. The number of nitrogens with one attached hydrogen (secondary N) is 1. The lowest BCUT2D eigenvalue weighted by Crippen LogP contribution is -2.61. The summed E-state index contributed by atoms with van der Waals surface area (Å²) in [7, 11) is 0. The van der Waals surface area contributed by atoms with Gasteiger partial charge in [0.15, 0.2) is 0 Å². The Bertz CT molecular complexity index is 319. The lowest BCUT2D eigenvalue weighted by molar-refractivity contribution is -0.142. The molecule has 3 N–H and O–H groups in total. The normalized spacial score (nSPS) is 35.8. The Balaban J connectivity index is 2.10. The van der Waals surface area contributed by atoms with Crippen LogP contribution < -0.4 is 11.1 Å². The summed E-state index contributed by atoms with van der Waals surface area (Å²) in [6.07, 6.45) is 4.84. The van der Waals surface area contributed by atoms with E-state index in [0.29, 0.717) is 12.6 Å². The van der Waals surface area contributed by atoms with Gasteiger partial charge in [-0.3, -0.25) is 19.8 Å². The maximum absolute atomic E-state index is 11.8. The van der Waals surface area contributed by atoms with Crippen LogP contribution in [0.15, 0.2) is 0 Å². The number of hydrogen-bond acceptors (Lipinski definition) is 4. The second-order valence-corrected chi connectivity index (χ2v) is 5.09. The molecule has 3 unspecified atom stereocenters. The fourth-order valence-corrected chi connectivity index (χ4v) is 2.99. The van der Waals surface area contributed by atoms with Gasteiger partial charge in [0, 0.05) is 12.1 Å². The highest BCUT2D eigenvalue weighted by Crippen LogP contribution is 2.25. The molecule has 3 atom stereocenters. The topological polar surface area (TPSA) is 75.4 Å². The van der Waals surface area contributed by atoms with Crippen LogP contribution in [-0.4, -0.2) is 41.4 Å². The smallest absolute Gasteiger partial charge is 0.243 e. The van der Waals surface area contributed by atoms with Gasteiger partial charge in [0.05, 0.1) is 12.6 Å². The summed E-state index contributed by atoms with van der Waals surface area (Å²) in [6.45, 7) is 2.32. The van der Waals surface area contributed by atoms with Crippen molar-refractivity contribution < 1.29 is 9.59 Å². The van der Waals surface area contributed by atoms with E-state index in [4.69, 9.17) is 5.73 Å². The minimum Gasteiger partial charge on any atom is -0.328 e. The first-order valence-electron chi connectivity index (χ1n) is 6.46. The standard InChI is InChI=1S/C12H21N3O2/c1-2-10-12(17)14-11(16)7-15(10)9-5-3-4-8(13)6-9/h8-10H,2-7,13H2,1H3,(H,14,16,17). The van der Waals surface area contributed by atoms with Gasteiger partial charge in [-0.05, 0) is 25.7 Å². The van der Waals surface area contributed by atoms with Crippen molar-refractivity contribution in [1.29, 1.82) is 0 Å². The molecule has 5 nitrogen and oxygen atoms in total. The number of imide groups is 1. The summed E-state index contributed by atoms with van der Waals surface area (Å²) in [6, 6.07) is 0.341. The van der Waals surface area contributed by atoms with Crippen molar-refractivity contribution in [3.05, 3.63) is 0 Å². The van der Waals surface area contributed by atoms with Gasteiger partial charge in [0.1, 0.15) is 0 Å². The molecule has 0 aromatic carbocycles. The predicted octanol–water partition coefficient (Wildman–Crippen LogP) is -0.00670. The van der Waals surface area contributed by atoms with Crippen LogP contribution in [0.25, 0.3) is 0 Å². The molecule has 1 saturated carbocycles. The average Bonchev–Trinajstić information content (AvgIpc) is 2.28. The fraction of sp³-hybridized carbons (Fsp3) is 0.833. The summed E-state index contributed by atoms with van der Waals surface area (Å²) < 4.78 is 0. The Hall–Kier alpha value is -0.940. The molecule has 96 valence electrons. The van der Waals surface area contributed by atoms with Crippen molar-refractivity contribution >= 4 is 11.8 Å². The monoisotopic (exact) mass is 239 g/mol. The molecule has 17 heavy (non-hydrogen) atoms. The van der Waals surface area contributed by atoms with E-state index >= 15 is 0 Å². The van der Waals surface area contributed by atoms with Crippen LogP contribution in [-0.2, 0) is 9.59 Å². The van der Waals surface area contributed by atoms with Gasteiger partial charge in [-0.25, -0.2) is 0 Å². The van der Waals surface area contributed by atoms with Crippen LogP contribution in [0.4, 0.5) is 0 Å². The lowest BCUT2D eigenvalue weighted by Gasteiger charge is -2.42. The number of rotatable bonds is 2. The number of carbonyl (C=O) groups excluding carboxylic acids is 2. The van der Waals surface area contributed by atoms with Crippen LogP contribution >= 0.6 is 0 Å². The van der Waals surface area contributed by atoms with Crippen molar-refractivity contribution in [3.63, 3.8) is 0 Å². The molecule has 2 amide bonds. The third kappa shape index (κ3) is 2.66. The van der Waals surface area contributed by atoms with Crippen LogP contribution in [0.2, 0.25) is 0 Å². The van der Waals surface area contributed by atoms with Crippen LogP contribution in [0, 0.1) is 0 Å². The quantitative estimate of drug-likeness (QED) is 0.665. The molecule has 0 aromatic rings. The van der Waals surface area contributed by atoms with E-state index in [9.17, 15) is 9.59 Å². The molecule has 1 aliphatic carbocycles. The van der Waals surface area contributed by atoms with Crippen LogP contribution in [0.5, 0.6) is 0 Å². The first kappa shape index (κ1) is 12.5. The van der Waals surface area contributed by atoms with Gasteiger partial charge in [-0.2, -0.15) is 0 Å². The Kier molecular flexibility index (Phi) is 3.79. The van der Waals surface area contributed by atoms with E-state index in [1.165, 1.54) is 0 Å². The molecule has 2 aliphatic rings. The Morgan fingerprint density at radius 2 is 2.18 bits per heavy atom. The van der Waals surface area contributed by atoms with Crippen molar-refractivity contribution in [2.75, 3.05) is 6.54 Å². The molecule has 0 aromatic heterocycles. The summed E-state index contributed by atoms with van der Waals surface area (Å²) in [5.41, 5.74) is 5.98. The first-order valence-corrected chi connectivity index (χ1v) is 6.46. The highest BCUT2D eigenvalue weighted by Gasteiger charge is 2.37. The molecule has 1 heterocycles. The Morgan fingerprint density at radius 3 is 2.82 bits per heavy atom. The molecule has 0 bridgehead atoms. The van der Waals surface area contributed by atoms with E-state index in [2.05, 4.69) is 10.2 Å². The van der Waals surface area contributed by atoms with Crippen LogP contribution in [0.1, 0.15) is 39.0 Å². The average molecular weight is 239 g/mol. The molecule has 0 radical (unpaired) electrons. The zero-order valence-electron chi connectivity index (χ0n) is 10.3. The van der Waals surface area contributed by atoms with Gasteiger partial charge >= 0.3 is 0 Å². The Labute approximate surface area is 102 Å². The predicted molar refractivity (Wildman–Crippen MR) is 64.2 cm³/mol. The highest BCUT2D eigenvalue weighted by atomic mass is 16.2. The van der Waals surface area contributed by atoms with Crippen molar-refractivity contribution in [2.45, 2.75) is 57.2 Å². The summed E-state index contributed by atoms with van der Waals surface area (Å²) in [5.74, 6) is -0.332. The SMILES string of the molecule is CCC1C(=O)NC(=O)CN1C1CCCC(N)C1. The zero-order valence-corrected chi connectivity index (χ0v) is 10.3. The van der Waals surface area contributed by atoms with Gasteiger partial charge in [-0.15, -0.1) is 0 Å². The molecule has 1 aliphatic heterocycles. The van der Waals surface area contributed by atoms with Gasteiger partial charge in [0.25, 0.3) is 0 Å². The maximum atomic E-state index is 11.8. The van der Waals surface area contributed by atoms with E-state index in [1.807, 2.05) is 6.92 Å². The van der Waals surface area contributed by atoms with Crippen molar-refractivity contribution in [2.24, 2.45) is 5.73 Å². The summed E-state index contributed by atoms with van der Waals surface area (Å²) in [5, 5.41) is 2.41. The third-order valence-corrected chi connectivity index (χ3v) is 3.83. The third-order valence-electron chi connectivity index (χ3n) is 3.83. The van der Waals surface area contributed by atoms with Crippen molar-refractivity contribution in [3.8, 4) is 0 Å². The minimum atomic E-state index is -0.182. The first-order chi connectivity index (χ1) is 8.11. The molecule has 5 heteroatoms. The molecule has 0 spiro atoms. The van der Waals surface area contributed by atoms with E-state index < -0.39 is 0 Å². The molecule has 1 saturated heterocycles. The van der Waals surface area contributed by atoms with E-state index in [0.717, 1.165) is 32.1 Å². The maximum Gasteiger partial charge on any atom is 0.243 e. The molecular formula is C12H21N3O2. The second-order valence-electron chi connectivity index (χ2n) is 5.09. The van der Waals surface area contributed by atoms with Gasteiger partial charge in [-0.1, -0.05) is 13.3 Å². The number of nitrogens with zero attached hydrogens (tertiary/aromatic N) is 1. The fourth-order valence-electron chi connectivity index (χ4n) is 2.99. The Morgan fingerprint density at radius 1 is 1.41 bits per heavy atom. The minimum absolute atomic E-state index is 0.150. The molecular weight excluding hydrogens is 218 g/mol.